The number of aromatic nitrogens is 2. The van der Waals surface area contributed by atoms with Gasteiger partial charge in [0.15, 0.2) is 0 Å². The van der Waals surface area contributed by atoms with Gasteiger partial charge in [-0.25, -0.2) is 13.1 Å². The van der Waals surface area contributed by atoms with Gasteiger partial charge in [0, 0.05) is 17.4 Å². The third kappa shape index (κ3) is 5.52. The summed E-state index contributed by atoms with van der Waals surface area (Å²) in [6.45, 7) is 3.87. The summed E-state index contributed by atoms with van der Waals surface area (Å²) < 4.78 is 27.3. The van der Waals surface area contributed by atoms with Gasteiger partial charge in [0.05, 0.1) is 23.5 Å². The predicted molar refractivity (Wildman–Crippen MR) is 135 cm³/mol. The van der Waals surface area contributed by atoms with E-state index in [-0.39, 0.29) is 11.9 Å². The highest BCUT2D eigenvalue weighted by atomic mass is 32.2. The summed E-state index contributed by atoms with van der Waals surface area (Å²) in [5, 5.41) is 7.73. The van der Waals surface area contributed by atoms with Crippen molar-refractivity contribution in [3.05, 3.63) is 102 Å². The first-order valence-electron chi connectivity index (χ1n) is 10.8. The fourth-order valence-electron chi connectivity index (χ4n) is 3.62. The second-order valence-electron chi connectivity index (χ2n) is 8.23. The first-order valence-corrected chi connectivity index (χ1v) is 12.7. The van der Waals surface area contributed by atoms with Crippen molar-refractivity contribution in [2.45, 2.75) is 19.9 Å². The van der Waals surface area contributed by atoms with Crippen LogP contribution in [0.3, 0.4) is 0 Å². The molecular weight excluding hydrogens is 448 g/mol. The molecule has 4 aromatic rings. The maximum Gasteiger partial charge on any atom is 0.255 e. The fourth-order valence-corrected chi connectivity index (χ4v) is 4.18. The highest BCUT2D eigenvalue weighted by Crippen LogP contribution is 2.25. The number of nitrogens with one attached hydrogen (secondary N) is 2. The minimum absolute atomic E-state index is 0.272. The molecule has 0 spiro atoms. The molecule has 0 saturated carbocycles. The second kappa shape index (κ2) is 9.52. The van der Waals surface area contributed by atoms with Crippen molar-refractivity contribution in [3.63, 3.8) is 0 Å². The first-order chi connectivity index (χ1) is 16.2. The quantitative estimate of drug-likeness (QED) is 0.406. The van der Waals surface area contributed by atoms with E-state index in [2.05, 4.69) is 10.0 Å². The Morgan fingerprint density at radius 3 is 2.35 bits per heavy atom. The largest absolute Gasteiger partial charge is 0.345 e. The number of carbonyl (C=O) groups is 1. The molecule has 0 radical (unpaired) electrons. The van der Waals surface area contributed by atoms with Gasteiger partial charge in [-0.05, 0) is 43.7 Å². The second-order valence-corrected chi connectivity index (χ2v) is 9.98. The Labute approximate surface area is 199 Å². The molecule has 7 nitrogen and oxygen atoms in total. The van der Waals surface area contributed by atoms with Crippen LogP contribution in [0.2, 0.25) is 0 Å². The molecule has 8 heteroatoms. The molecule has 174 valence electrons. The zero-order chi connectivity index (χ0) is 24.3. The van der Waals surface area contributed by atoms with Crippen LogP contribution in [0.25, 0.3) is 16.9 Å². The van der Waals surface area contributed by atoms with Gasteiger partial charge in [0.2, 0.25) is 10.0 Å². The molecule has 0 aliphatic heterocycles. The Kier molecular flexibility index (Phi) is 6.51. The van der Waals surface area contributed by atoms with Crippen LogP contribution >= 0.6 is 0 Å². The van der Waals surface area contributed by atoms with Crippen LogP contribution in [-0.4, -0.2) is 30.4 Å². The Balaban J connectivity index is 1.64. The molecule has 4 rings (SSSR count). The zero-order valence-electron chi connectivity index (χ0n) is 19.2. The number of nitrogens with zero attached hydrogens (tertiary/aromatic N) is 2. The molecule has 0 bridgehead atoms. The first kappa shape index (κ1) is 23.3. The maximum absolute atomic E-state index is 13.4. The van der Waals surface area contributed by atoms with Crippen molar-refractivity contribution in [2.24, 2.45) is 0 Å². The predicted octanol–water partition coefficient (Wildman–Crippen LogP) is 4.71. The molecule has 1 unspecified atom stereocenters. The number of aryl methyl sites for hydroxylation is 1. The molecule has 1 amide bonds. The molecule has 0 saturated heterocycles. The summed E-state index contributed by atoms with van der Waals surface area (Å²) in [5.41, 5.74) is 5.08. The molecule has 1 atom stereocenters. The number of benzene rings is 3. The maximum atomic E-state index is 13.4. The lowest BCUT2D eigenvalue weighted by molar-refractivity contribution is 0.0940. The molecule has 1 heterocycles. The number of carbonyl (C=O) groups excluding carboxylic acids is 1. The molecule has 0 aliphatic rings. The number of hydrogen-bond acceptors (Lipinski definition) is 4. The van der Waals surface area contributed by atoms with Crippen molar-refractivity contribution < 1.29 is 13.2 Å². The summed E-state index contributed by atoms with van der Waals surface area (Å²) >= 11 is 0. The van der Waals surface area contributed by atoms with Crippen LogP contribution in [0, 0.1) is 6.92 Å². The number of anilines is 1. The lowest BCUT2D eigenvalue weighted by atomic mass is 10.1. The average Bonchev–Trinajstić information content (AvgIpc) is 3.25. The number of amides is 1. The minimum atomic E-state index is -3.40. The van der Waals surface area contributed by atoms with Crippen molar-refractivity contribution in [2.75, 3.05) is 11.0 Å². The highest BCUT2D eigenvalue weighted by Gasteiger charge is 2.21. The molecular formula is C26H26N4O3S. The number of hydrogen-bond donors (Lipinski definition) is 2. The van der Waals surface area contributed by atoms with Crippen LogP contribution in [-0.2, 0) is 10.0 Å². The monoisotopic (exact) mass is 474 g/mol. The van der Waals surface area contributed by atoms with E-state index in [1.54, 1.807) is 29.1 Å². The molecule has 2 N–H and O–H groups in total. The topological polar surface area (TPSA) is 93.1 Å². The lowest BCUT2D eigenvalue weighted by Crippen LogP contribution is -2.27. The Hall–Kier alpha value is -3.91. The average molecular weight is 475 g/mol. The molecule has 1 aromatic heterocycles. The van der Waals surface area contributed by atoms with Gasteiger partial charge in [0.1, 0.15) is 5.69 Å². The third-order valence-corrected chi connectivity index (χ3v) is 5.95. The van der Waals surface area contributed by atoms with E-state index in [4.69, 9.17) is 5.10 Å². The Morgan fingerprint density at radius 1 is 0.971 bits per heavy atom. The van der Waals surface area contributed by atoms with Gasteiger partial charge >= 0.3 is 0 Å². The summed E-state index contributed by atoms with van der Waals surface area (Å²) in [6.07, 6.45) is 2.83. The van der Waals surface area contributed by atoms with Crippen molar-refractivity contribution in [3.8, 4) is 16.9 Å². The highest BCUT2D eigenvalue weighted by molar-refractivity contribution is 7.92. The van der Waals surface area contributed by atoms with Gasteiger partial charge in [-0.1, -0.05) is 60.2 Å². The van der Waals surface area contributed by atoms with Gasteiger partial charge in [0.25, 0.3) is 5.91 Å². The molecule has 0 fully saturated rings. The van der Waals surface area contributed by atoms with Gasteiger partial charge in [-0.3, -0.25) is 9.52 Å². The van der Waals surface area contributed by atoms with Gasteiger partial charge < -0.3 is 5.32 Å². The van der Waals surface area contributed by atoms with Crippen molar-refractivity contribution in [1.29, 1.82) is 0 Å². The summed E-state index contributed by atoms with van der Waals surface area (Å²) in [4.78, 5) is 13.4. The zero-order valence-corrected chi connectivity index (χ0v) is 20.0. The molecule has 3 aromatic carbocycles. The number of rotatable bonds is 7. The van der Waals surface area contributed by atoms with Crippen LogP contribution in [0.4, 0.5) is 5.69 Å². The van der Waals surface area contributed by atoms with E-state index in [9.17, 15) is 13.2 Å². The normalized spacial score (nSPS) is 12.2. The standard InChI is InChI=1S/C26H26N4O3S/c1-18-12-14-23(15-13-18)30-17-24(25(28-30)20-8-5-4-6-9-20)26(31)27-19(2)21-10-7-11-22(16-21)29-34(3,32)33/h4-17,19,29H,1-3H3,(H,27,31). The van der Waals surface area contributed by atoms with Crippen LogP contribution in [0.5, 0.6) is 0 Å². The Morgan fingerprint density at radius 2 is 1.68 bits per heavy atom. The SMILES string of the molecule is Cc1ccc(-n2cc(C(=O)NC(C)c3cccc(NS(C)(=O)=O)c3)c(-c3ccccc3)n2)cc1. The molecule has 0 aliphatic carbocycles. The fraction of sp³-hybridized carbons (Fsp3) is 0.154. The van der Waals surface area contributed by atoms with E-state index in [0.29, 0.717) is 16.9 Å². The lowest BCUT2D eigenvalue weighted by Gasteiger charge is -2.15. The third-order valence-electron chi connectivity index (χ3n) is 5.34. The summed E-state index contributed by atoms with van der Waals surface area (Å²) in [7, 11) is -3.40. The number of sulfonamides is 1. The Bertz CT molecular complexity index is 1410. The van der Waals surface area contributed by atoms with Crippen LogP contribution in [0.1, 0.15) is 34.5 Å². The summed E-state index contributed by atoms with van der Waals surface area (Å²) in [6, 6.07) is 24.1. The minimum Gasteiger partial charge on any atom is -0.345 e. The van der Waals surface area contributed by atoms with Gasteiger partial charge in [-0.2, -0.15) is 5.10 Å². The molecule has 34 heavy (non-hydrogen) atoms. The van der Waals surface area contributed by atoms with E-state index >= 15 is 0 Å². The van der Waals surface area contributed by atoms with Crippen LogP contribution < -0.4 is 10.0 Å². The van der Waals surface area contributed by atoms with Crippen molar-refractivity contribution in [1.82, 2.24) is 15.1 Å². The van der Waals surface area contributed by atoms with E-state index in [1.807, 2.05) is 74.5 Å². The van der Waals surface area contributed by atoms with E-state index in [0.717, 1.165) is 28.6 Å². The summed E-state index contributed by atoms with van der Waals surface area (Å²) in [5.74, 6) is -0.272. The van der Waals surface area contributed by atoms with Crippen LogP contribution in [0.15, 0.2) is 85.1 Å². The van der Waals surface area contributed by atoms with Gasteiger partial charge in [-0.15, -0.1) is 0 Å². The smallest absolute Gasteiger partial charge is 0.255 e. The van der Waals surface area contributed by atoms with E-state index < -0.39 is 10.0 Å². The van der Waals surface area contributed by atoms with E-state index in [1.165, 1.54) is 0 Å². The van der Waals surface area contributed by atoms with Crippen molar-refractivity contribution >= 4 is 21.6 Å².